The lowest BCUT2D eigenvalue weighted by atomic mass is 9.82. The molecule has 6 heteroatoms. The van der Waals surface area contributed by atoms with Crippen LogP contribution in [0.2, 0.25) is 0 Å². The van der Waals surface area contributed by atoms with Crippen molar-refractivity contribution < 1.29 is 0 Å². The number of aromatic nitrogens is 2. The van der Waals surface area contributed by atoms with E-state index in [2.05, 4.69) is 108 Å². The predicted octanol–water partition coefficient (Wildman–Crippen LogP) is 9.77. The normalized spacial score (nSPS) is 18.0. The number of likely N-dealkylation sites (N-methyl/N-ethyl adjacent to an activating group) is 1. The van der Waals surface area contributed by atoms with E-state index in [0.717, 1.165) is 79.6 Å². The van der Waals surface area contributed by atoms with E-state index in [1.54, 1.807) is 0 Å². The highest BCUT2D eigenvalue weighted by Gasteiger charge is 2.43. The van der Waals surface area contributed by atoms with E-state index < -0.39 is 6.04 Å². The van der Waals surface area contributed by atoms with E-state index in [4.69, 9.17) is 16.5 Å². The Morgan fingerprint density at radius 3 is 2.21 bits per heavy atom. The number of allylic oxidation sites excluding steroid dienone is 4. The Hall–Kier alpha value is -4.88. The van der Waals surface area contributed by atoms with Crippen molar-refractivity contribution in [2.75, 3.05) is 7.05 Å². The van der Waals surface area contributed by atoms with Crippen molar-refractivity contribution in [2.45, 2.75) is 99.1 Å². The van der Waals surface area contributed by atoms with Gasteiger partial charge < -0.3 is 5.32 Å². The highest BCUT2D eigenvalue weighted by Crippen LogP contribution is 2.44. The highest BCUT2D eigenvalue weighted by molar-refractivity contribution is 7.13. The Morgan fingerprint density at radius 2 is 1.64 bits per heavy atom. The van der Waals surface area contributed by atoms with Gasteiger partial charge in [-0.2, -0.15) is 5.26 Å². The first-order chi connectivity index (χ1) is 25.6. The molecule has 0 radical (unpaired) electrons. The molecular formula is C47H52N5S+. The summed E-state index contributed by atoms with van der Waals surface area (Å²) < 4.78 is 0. The number of aryl methyl sites for hydroxylation is 1. The Labute approximate surface area is 320 Å². The van der Waals surface area contributed by atoms with Gasteiger partial charge in [-0.25, -0.2) is 9.97 Å². The molecule has 0 saturated carbocycles. The molecule has 0 bridgehead atoms. The average Bonchev–Trinajstić information content (AvgIpc) is 3.75. The Kier molecular flexibility index (Phi) is 11.4. The molecular weight excluding hydrogens is 667 g/mol. The van der Waals surface area contributed by atoms with Crippen molar-refractivity contribution in [3.05, 3.63) is 137 Å². The van der Waals surface area contributed by atoms with Gasteiger partial charge in [-0.1, -0.05) is 120 Å². The minimum absolute atomic E-state index is 0.246. The van der Waals surface area contributed by atoms with E-state index in [1.165, 1.54) is 27.2 Å². The summed E-state index contributed by atoms with van der Waals surface area (Å²) in [4.78, 5) is 18.5. The van der Waals surface area contributed by atoms with Crippen LogP contribution in [-0.2, 0) is 12.8 Å². The van der Waals surface area contributed by atoms with Crippen LogP contribution in [0.1, 0.15) is 106 Å². The molecule has 2 aromatic heterocycles. The molecule has 2 aromatic carbocycles. The molecule has 0 saturated heterocycles. The lowest BCUT2D eigenvalue weighted by molar-refractivity contribution is 0.653. The standard InChI is InChI=1S/C47H52N5S/c1-11-31(29(8)27(4)5)24-32(12-2)39-42(49-9)43(50-10)40(37-25-33(13-3)47(53-37)28(6)7)46-45(39)52-44-38(34(26-48)23-30-19-15-14-16-20-30)35-21-17-18-22-36(35)41(44)51-46/h10,14-22,24-25,27-28,42-43,49H,11-13,23H2,1-9H3/q+1/b31-29+,32-24+,38-34+. The SMILES string of the molecule is C#[N+]C1C(c2cc(CC)c(C(C)C)s2)=c2nc3c(nc2=C(/C(=C/C(CC)=C(\C)C(C)C)CC)C1NC)/C(=C(/C#N)Cc1ccccc1)c1ccccc1-3. The fraction of sp³-hybridized carbons (Fsp3) is 0.362. The average molecular weight is 719 g/mol. The second-order valence-electron chi connectivity index (χ2n) is 14.7. The van der Waals surface area contributed by atoms with Gasteiger partial charge in [-0.05, 0) is 79.0 Å². The van der Waals surface area contributed by atoms with Crippen LogP contribution in [0.3, 0.4) is 0 Å². The molecule has 2 aliphatic carbocycles. The molecule has 0 fully saturated rings. The smallest absolute Gasteiger partial charge is 0.306 e. The van der Waals surface area contributed by atoms with Crippen LogP contribution in [0.15, 0.2) is 89.0 Å². The monoisotopic (exact) mass is 718 g/mol. The third-order valence-electron chi connectivity index (χ3n) is 11.0. The number of nitrogens with zero attached hydrogens (tertiary/aromatic N) is 4. The minimum Gasteiger partial charge on any atom is -0.306 e. The van der Waals surface area contributed by atoms with E-state index in [0.29, 0.717) is 23.8 Å². The fourth-order valence-electron chi connectivity index (χ4n) is 7.97. The van der Waals surface area contributed by atoms with Gasteiger partial charge in [-0.15, -0.1) is 11.3 Å². The van der Waals surface area contributed by atoms with Gasteiger partial charge in [0.1, 0.15) is 11.4 Å². The number of hydrogen-bond donors (Lipinski definition) is 1. The summed E-state index contributed by atoms with van der Waals surface area (Å²) in [6, 6.07) is 22.8. The van der Waals surface area contributed by atoms with E-state index in [-0.39, 0.29) is 6.04 Å². The zero-order chi connectivity index (χ0) is 38.0. The molecule has 2 unspecified atom stereocenters. The third kappa shape index (κ3) is 6.88. The molecule has 0 spiro atoms. The summed E-state index contributed by atoms with van der Waals surface area (Å²) >= 11 is 1.83. The van der Waals surface area contributed by atoms with Crippen molar-refractivity contribution >= 4 is 28.1 Å². The number of benzene rings is 2. The lowest BCUT2D eigenvalue weighted by Crippen LogP contribution is -2.52. The zero-order valence-corrected chi connectivity index (χ0v) is 33.6. The summed E-state index contributed by atoms with van der Waals surface area (Å²) in [7, 11) is 2.00. The maximum atomic E-state index is 10.8. The fourth-order valence-corrected chi connectivity index (χ4v) is 9.31. The number of nitrogens with one attached hydrogen (secondary N) is 1. The molecule has 1 N–H and O–H groups in total. The first-order valence-corrected chi connectivity index (χ1v) is 20.0. The number of fused-ring (bicyclic) bond motifs is 4. The molecule has 0 amide bonds. The number of hydrogen-bond acceptors (Lipinski definition) is 5. The molecule has 2 atom stereocenters. The topological polar surface area (TPSA) is 66.0 Å². The molecule has 6 rings (SSSR count). The first-order valence-electron chi connectivity index (χ1n) is 19.2. The summed E-state index contributed by atoms with van der Waals surface area (Å²) in [5, 5.41) is 16.1. The summed E-state index contributed by atoms with van der Waals surface area (Å²) in [5.41, 5.74) is 13.5. The van der Waals surface area contributed by atoms with Crippen molar-refractivity contribution in [3.8, 4) is 23.9 Å². The second-order valence-corrected chi connectivity index (χ2v) is 15.8. The third-order valence-corrected chi connectivity index (χ3v) is 12.5. The Bertz CT molecular complexity index is 2360. The van der Waals surface area contributed by atoms with Gasteiger partial charge in [0, 0.05) is 38.5 Å². The first kappa shape index (κ1) is 37.9. The van der Waals surface area contributed by atoms with Crippen molar-refractivity contribution in [1.29, 1.82) is 5.26 Å². The van der Waals surface area contributed by atoms with Crippen LogP contribution in [0.5, 0.6) is 0 Å². The van der Waals surface area contributed by atoms with Crippen LogP contribution in [0.4, 0.5) is 0 Å². The van der Waals surface area contributed by atoms with Gasteiger partial charge >= 0.3 is 6.04 Å². The van der Waals surface area contributed by atoms with Crippen LogP contribution in [-0.4, -0.2) is 29.1 Å². The van der Waals surface area contributed by atoms with Crippen LogP contribution >= 0.6 is 11.3 Å². The number of rotatable bonds is 11. The van der Waals surface area contributed by atoms with Crippen LogP contribution in [0, 0.1) is 23.8 Å². The van der Waals surface area contributed by atoms with Crippen molar-refractivity contribution in [3.63, 3.8) is 0 Å². The van der Waals surface area contributed by atoms with Gasteiger partial charge in [0.25, 0.3) is 6.57 Å². The number of thiophene rings is 1. The summed E-state index contributed by atoms with van der Waals surface area (Å²) in [5.74, 6) is 0.820. The Balaban J connectivity index is 1.83. The van der Waals surface area contributed by atoms with Gasteiger partial charge in [0.15, 0.2) is 0 Å². The lowest BCUT2D eigenvalue weighted by Gasteiger charge is -2.26. The minimum atomic E-state index is -0.396. The highest BCUT2D eigenvalue weighted by atomic mass is 32.1. The maximum Gasteiger partial charge on any atom is 0.319 e. The molecule has 5 nitrogen and oxygen atoms in total. The predicted molar refractivity (Wildman–Crippen MR) is 223 cm³/mol. The van der Waals surface area contributed by atoms with Gasteiger partial charge in [0.2, 0.25) is 0 Å². The molecule has 2 aliphatic rings. The quantitative estimate of drug-likeness (QED) is 0.109. The van der Waals surface area contributed by atoms with Crippen molar-refractivity contribution in [1.82, 2.24) is 15.3 Å². The summed E-state index contributed by atoms with van der Waals surface area (Å²) in [6.45, 7) is 24.4. The summed E-state index contributed by atoms with van der Waals surface area (Å²) in [6.07, 6.45) is 5.55. The number of nitriles is 1. The van der Waals surface area contributed by atoms with Gasteiger partial charge in [0.05, 0.1) is 28.4 Å². The van der Waals surface area contributed by atoms with Crippen LogP contribution in [0.25, 0.3) is 32.8 Å². The molecule has 53 heavy (non-hydrogen) atoms. The Morgan fingerprint density at radius 1 is 0.962 bits per heavy atom. The molecule has 4 aromatic rings. The maximum absolute atomic E-state index is 10.8. The van der Waals surface area contributed by atoms with E-state index in [9.17, 15) is 5.26 Å². The molecule has 2 heterocycles. The zero-order valence-electron chi connectivity index (χ0n) is 32.8. The van der Waals surface area contributed by atoms with Gasteiger partial charge in [-0.3, -0.25) is 0 Å². The molecule has 270 valence electrons. The van der Waals surface area contributed by atoms with Crippen molar-refractivity contribution in [2.24, 2.45) is 5.92 Å². The van der Waals surface area contributed by atoms with E-state index in [1.807, 2.05) is 48.7 Å². The van der Waals surface area contributed by atoms with E-state index >= 15 is 0 Å². The second kappa shape index (κ2) is 16.0. The largest absolute Gasteiger partial charge is 0.319 e. The molecule has 0 aliphatic heterocycles. The van der Waals surface area contributed by atoms with Crippen LogP contribution < -0.4 is 16.0 Å².